The minimum absolute atomic E-state index is 0.0324. The number of alkyl halides is 3. The van der Waals surface area contributed by atoms with Gasteiger partial charge in [-0.1, -0.05) is 0 Å². The second-order valence-corrected chi connectivity index (χ2v) is 8.24. The van der Waals surface area contributed by atoms with Gasteiger partial charge in [0.25, 0.3) is 0 Å². The summed E-state index contributed by atoms with van der Waals surface area (Å²) >= 11 is 0. The van der Waals surface area contributed by atoms with Crippen LogP contribution >= 0.6 is 0 Å². The molecule has 2 aliphatic heterocycles. The van der Waals surface area contributed by atoms with Crippen LogP contribution in [0, 0.1) is 11.8 Å². The average Bonchev–Trinajstić information content (AvgIpc) is 3.04. The lowest BCUT2D eigenvalue weighted by Gasteiger charge is -2.44. The third kappa shape index (κ3) is 3.79. The van der Waals surface area contributed by atoms with Crippen molar-refractivity contribution in [1.82, 2.24) is 14.8 Å². The van der Waals surface area contributed by atoms with Gasteiger partial charge in [-0.3, -0.25) is 4.90 Å². The van der Waals surface area contributed by atoms with Gasteiger partial charge >= 0.3 is 6.18 Å². The van der Waals surface area contributed by atoms with Crippen LogP contribution in [0.15, 0.2) is 18.3 Å². The topological polar surface area (TPSA) is 42.8 Å². The molecule has 150 valence electrons. The van der Waals surface area contributed by atoms with Crippen LogP contribution in [0.5, 0.6) is 0 Å². The number of pyridine rings is 1. The zero-order valence-corrected chi connectivity index (χ0v) is 15.6. The van der Waals surface area contributed by atoms with Crippen molar-refractivity contribution >= 4 is 5.82 Å². The number of fused-ring (bicyclic) bond motifs is 1. The maximum absolute atomic E-state index is 13.4. The molecule has 1 aromatic rings. The van der Waals surface area contributed by atoms with Gasteiger partial charge in [0.2, 0.25) is 0 Å². The van der Waals surface area contributed by atoms with Crippen molar-refractivity contribution in [2.75, 3.05) is 51.2 Å². The number of hydrogen-bond acceptors (Lipinski definition) is 5. The van der Waals surface area contributed by atoms with E-state index in [0.29, 0.717) is 25.4 Å². The van der Waals surface area contributed by atoms with E-state index in [1.807, 2.05) is 0 Å². The molecule has 1 aliphatic carbocycles. The van der Waals surface area contributed by atoms with Gasteiger partial charge in [0.15, 0.2) is 0 Å². The highest BCUT2D eigenvalue weighted by atomic mass is 19.4. The molecule has 3 fully saturated rings. The van der Waals surface area contributed by atoms with Gasteiger partial charge in [0, 0.05) is 51.5 Å². The summed E-state index contributed by atoms with van der Waals surface area (Å²) < 4.78 is 40.1. The second kappa shape index (κ2) is 7.22. The third-order valence-electron chi connectivity index (χ3n) is 6.51. The number of likely N-dealkylation sites (N-methyl/N-ethyl adjacent to an activating group) is 1. The van der Waals surface area contributed by atoms with Crippen molar-refractivity contribution in [3.05, 3.63) is 23.9 Å². The summed E-state index contributed by atoms with van der Waals surface area (Å²) in [6.45, 7) is 4.99. The molecule has 0 amide bonds. The maximum atomic E-state index is 13.4. The van der Waals surface area contributed by atoms with Crippen LogP contribution in [0.25, 0.3) is 0 Å². The van der Waals surface area contributed by atoms with Crippen LogP contribution in [0.3, 0.4) is 0 Å². The number of rotatable bonds is 2. The normalized spacial score (nSPS) is 33.3. The van der Waals surface area contributed by atoms with Gasteiger partial charge < -0.3 is 14.9 Å². The quantitative estimate of drug-likeness (QED) is 0.844. The Morgan fingerprint density at radius 1 is 1.07 bits per heavy atom. The molecule has 1 saturated carbocycles. The minimum atomic E-state index is -4.40. The summed E-state index contributed by atoms with van der Waals surface area (Å²) in [5, 5.41) is 10.7. The van der Waals surface area contributed by atoms with Crippen molar-refractivity contribution in [3.63, 3.8) is 0 Å². The summed E-state index contributed by atoms with van der Waals surface area (Å²) in [6, 6.07) is 2.56. The second-order valence-electron chi connectivity index (χ2n) is 8.24. The largest absolute Gasteiger partial charge is 0.419 e. The van der Waals surface area contributed by atoms with Crippen LogP contribution in [0.4, 0.5) is 19.0 Å². The highest BCUT2D eigenvalue weighted by molar-refractivity contribution is 5.49. The third-order valence-corrected chi connectivity index (χ3v) is 6.51. The van der Waals surface area contributed by atoms with Crippen LogP contribution in [-0.4, -0.2) is 78.4 Å². The molecule has 1 aromatic heterocycles. The van der Waals surface area contributed by atoms with Crippen LogP contribution < -0.4 is 4.90 Å². The molecule has 0 aromatic carbocycles. The van der Waals surface area contributed by atoms with Crippen molar-refractivity contribution in [2.24, 2.45) is 11.8 Å². The van der Waals surface area contributed by atoms with Crippen LogP contribution in [0.1, 0.15) is 18.4 Å². The zero-order valence-electron chi connectivity index (χ0n) is 15.6. The molecular weight excluding hydrogens is 357 g/mol. The van der Waals surface area contributed by atoms with E-state index in [2.05, 4.69) is 21.8 Å². The summed E-state index contributed by atoms with van der Waals surface area (Å²) in [4.78, 5) is 10.5. The summed E-state index contributed by atoms with van der Waals surface area (Å²) in [5.74, 6) is 0.568. The lowest BCUT2D eigenvalue weighted by molar-refractivity contribution is -0.137. The molecule has 8 heteroatoms. The Kier molecular flexibility index (Phi) is 5.07. The number of nitrogens with zero attached hydrogens (tertiary/aromatic N) is 4. The smallest absolute Gasteiger partial charge is 0.391 e. The first-order chi connectivity index (χ1) is 12.8. The predicted molar refractivity (Wildman–Crippen MR) is 96.5 cm³/mol. The van der Waals surface area contributed by atoms with E-state index in [1.54, 1.807) is 4.90 Å². The zero-order chi connectivity index (χ0) is 19.2. The number of hydrogen-bond donors (Lipinski definition) is 1. The Labute approximate surface area is 157 Å². The molecule has 0 unspecified atom stereocenters. The van der Waals surface area contributed by atoms with Crippen molar-refractivity contribution in [2.45, 2.75) is 31.2 Å². The molecule has 0 bridgehead atoms. The Morgan fingerprint density at radius 2 is 1.74 bits per heavy atom. The van der Waals surface area contributed by atoms with Crippen LogP contribution in [-0.2, 0) is 6.18 Å². The van der Waals surface area contributed by atoms with E-state index in [9.17, 15) is 18.3 Å². The highest BCUT2D eigenvalue weighted by Crippen LogP contribution is 2.42. The number of aliphatic hydroxyl groups is 1. The van der Waals surface area contributed by atoms with Crippen LogP contribution in [0.2, 0.25) is 0 Å². The van der Waals surface area contributed by atoms with Gasteiger partial charge in [0.05, 0.1) is 11.7 Å². The molecular formula is C19H27F3N4O. The molecule has 5 nitrogen and oxygen atoms in total. The average molecular weight is 384 g/mol. The lowest BCUT2D eigenvalue weighted by atomic mass is 9.77. The maximum Gasteiger partial charge on any atom is 0.419 e. The minimum Gasteiger partial charge on any atom is -0.391 e. The molecule has 2 saturated heterocycles. The monoisotopic (exact) mass is 384 g/mol. The number of aliphatic hydroxyl groups excluding tert-OH is 1. The predicted octanol–water partition coefficient (Wildman–Crippen LogP) is 1.92. The van der Waals surface area contributed by atoms with E-state index in [-0.39, 0.29) is 17.8 Å². The standard InChI is InChI=1S/C19H27F3N4O/c1-24-5-7-25(8-6-24)16-9-13-11-26(12-14(13)10-17(16)27)18-15(19(20,21)22)3-2-4-23-18/h2-4,13-14,16-17,27H,5-12H2,1H3/t13-,14+,16-,17-/m1/s1. The van der Waals surface area contributed by atoms with E-state index in [0.717, 1.165) is 38.7 Å². The number of anilines is 1. The van der Waals surface area contributed by atoms with E-state index in [4.69, 9.17) is 0 Å². The highest BCUT2D eigenvalue weighted by Gasteiger charge is 2.45. The van der Waals surface area contributed by atoms with Gasteiger partial charge in [-0.15, -0.1) is 0 Å². The molecule has 0 spiro atoms. The fraction of sp³-hybridized carbons (Fsp3) is 0.737. The molecule has 4 atom stereocenters. The van der Waals surface area contributed by atoms with Gasteiger partial charge in [-0.25, -0.2) is 4.98 Å². The summed E-state index contributed by atoms with van der Waals surface area (Å²) in [6.07, 6.45) is -1.87. The Bertz CT molecular complexity index is 663. The first-order valence-corrected chi connectivity index (χ1v) is 9.70. The lowest BCUT2D eigenvalue weighted by Crippen LogP contribution is -2.55. The first-order valence-electron chi connectivity index (χ1n) is 9.70. The van der Waals surface area contributed by atoms with Gasteiger partial charge in [0.1, 0.15) is 5.82 Å². The van der Waals surface area contributed by atoms with E-state index >= 15 is 0 Å². The van der Waals surface area contributed by atoms with Crippen molar-refractivity contribution in [1.29, 1.82) is 0 Å². The number of piperazine rings is 1. The van der Waals surface area contributed by atoms with Crippen molar-refractivity contribution in [3.8, 4) is 0 Å². The molecule has 3 heterocycles. The van der Waals surface area contributed by atoms with E-state index < -0.39 is 17.8 Å². The number of halogens is 3. The Balaban J connectivity index is 1.48. The van der Waals surface area contributed by atoms with Gasteiger partial charge in [-0.05, 0) is 43.9 Å². The molecule has 4 rings (SSSR count). The molecule has 1 N–H and O–H groups in total. The fourth-order valence-corrected chi connectivity index (χ4v) is 5.00. The molecule has 0 radical (unpaired) electrons. The van der Waals surface area contributed by atoms with E-state index in [1.165, 1.54) is 12.3 Å². The summed E-state index contributed by atoms with van der Waals surface area (Å²) in [7, 11) is 2.10. The molecule has 3 aliphatic rings. The van der Waals surface area contributed by atoms with Gasteiger partial charge in [-0.2, -0.15) is 13.2 Å². The molecule has 27 heavy (non-hydrogen) atoms. The first kappa shape index (κ1) is 19.0. The SMILES string of the molecule is CN1CCN([C@@H]2C[C@@H]3CN(c4ncccc4C(F)(F)F)C[C@@H]3C[C@H]2O)CC1. The fourth-order valence-electron chi connectivity index (χ4n) is 5.00. The van der Waals surface area contributed by atoms with Crippen molar-refractivity contribution < 1.29 is 18.3 Å². The Morgan fingerprint density at radius 3 is 2.41 bits per heavy atom. The number of aromatic nitrogens is 1. The Hall–Kier alpha value is -1.38. The summed E-state index contributed by atoms with van der Waals surface area (Å²) in [5.41, 5.74) is -0.667.